The lowest BCUT2D eigenvalue weighted by molar-refractivity contribution is 0.0503. The third-order valence-corrected chi connectivity index (χ3v) is 2.13. The van der Waals surface area contributed by atoms with Crippen molar-refractivity contribution in [2.24, 2.45) is 0 Å². The number of fused-ring (bicyclic) bond motifs is 1. The first kappa shape index (κ1) is 7.07. The summed E-state index contributed by atoms with van der Waals surface area (Å²) in [5, 5.41) is 0. The monoisotopic (exact) mass is 152 g/mol. The van der Waals surface area contributed by atoms with E-state index in [0.717, 1.165) is 6.42 Å². The van der Waals surface area contributed by atoms with E-state index in [2.05, 4.69) is 25.2 Å². The highest BCUT2D eigenvalue weighted by molar-refractivity contribution is 5.27. The molecular formula is C9H12O2. The standard InChI is InChI=1S/C9H12O2/c1-2-7-3-4-8-9(5-7)11-6-10-8/h3-5,8-9H,2,6H2,1H3. The van der Waals surface area contributed by atoms with E-state index < -0.39 is 0 Å². The minimum Gasteiger partial charge on any atom is -0.345 e. The van der Waals surface area contributed by atoms with Crippen molar-refractivity contribution in [3.05, 3.63) is 23.8 Å². The molecule has 0 N–H and O–H groups in total. The molecule has 1 aliphatic carbocycles. The lowest BCUT2D eigenvalue weighted by Crippen LogP contribution is -2.20. The second-order valence-corrected chi connectivity index (χ2v) is 2.83. The molecule has 2 heteroatoms. The van der Waals surface area contributed by atoms with Crippen LogP contribution in [0.3, 0.4) is 0 Å². The topological polar surface area (TPSA) is 18.5 Å². The number of rotatable bonds is 1. The summed E-state index contributed by atoms with van der Waals surface area (Å²) in [5.41, 5.74) is 1.34. The fraction of sp³-hybridized carbons (Fsp3) is 0.556. The molecule has 1 saturated heterocycles. The van der Waals surface area contributed by atoms with Crippen molar-refractivity contribution in [1.29, 1.82) is 0 Å². The minimum atomic E-state index is 0.172. The van der Waals surface area contributed by atoms with Gasteiger partial charge >= 0.3 is 0 Å². The number of hydrogen-bond acceptors (Lipinski definition) is 2. The molecule has 0 spiro atoms. The van der Waals surface area contributed by atoms with Gasteiger partial charge in [-0.2, -0.15) is 0 Å². The van der Waals surface area contributed by atoms with E-state index in [1.165, 1.54) is 5.57 Å². The van der Waals surface area contributed by atoms with Gasteiger partial charge in [-0.3, -0.25) is 0 Å². The Hall–Kier alpha value is -0.600. The largest absolute Gasteiger partial charge is 0.345 e. The highest BCUT2D eigenvalue weighted by Gasteiger charge is 2.27. The summed E-state index contributed by atoms with van der Waals surface area (Å²) in [6.45, 7) is 2.58. The summed E-state index contributed by atoms with van der Waals surface area (Å²) in [7, 11) is 0. The van der Waals surface area contributed by atoms with Crippen molar-refractivity contribution in [2.45, 2.75) is 25.6 Å². The van der Waals surface area contributed by atoms with Gasteiger partial charge in [0, 0.05) is 0 Å². The van der Waals surface area contributed by atoms with Crippen molar-refractivity contribution >= 4 is 0 Å². The molecule has 2 atom stereocenters. The molecule has 1 heterocycles. The molecule has 2 aliphatic rings. The van der Waals surface area contributed by atoms with Gasteiger partial charge in [0.2, 0.25) is 0 Å². The molecule has 0 amide bonds. The predicted octanol–water partition coefficient (Wildman–Crippen LogP) is 1.63. The van der Waals surface area contributed by atoms with E-state index in [-0.39, 0.29) is 12.2 Å². The lowest BCUT2D eigenvalue weighted by Gasteiger charge is -2.15. The molecule has 0 radical (unpaired) electrons. The summed E-state index contributed by atoms with van der Waals surface area (Å²) >= 11 is 0. The summed E-state index contributed by atoms with van der Waals surface area (Å²) in [5.74, 6) is 0. The van der Waals surface area contributed by atoms with Crippen molar-refractivity contribution in [1.82, 2.24) is 0 Å². The molecule has 0 aromatic rings. The van der Waals surface area contributed by atoms with E-state index in [4.69, 9.17) is 9.47 Å². The van der Waals surface area contributed by atoms with Gasteiger partial charge in [-0.15, -0.1) is 0 Å². The molecule has 11 heavy (non-hydrogen) atoms. The van der Waals surface area contributed by atoms with E-state index in [0.29, 0.717) is 6.79 Å². The van der Waals surface area contributed by atoms with Crippen LogP contribution in [0.25, 0.3) is 0 Å². The Balaban J connectivity index is 2.14. The normalized spacial score (nSPS) is 35.2. The smallest absolute Gasteiger partial charge is 0.148 e. The Morgan fingerprint density at radius 3 is 3.09 bits per heavy atom. The maximum Gasteiger partial charge on any atom is 0.148 e. The SMILES string of the molecule is CCC1=CC2OCOC2C=C1. The summed E-state index contributed by atoms with van der Waals surface area (Å²) in [6.07, 6.45) is 7.77. The van der Waals surface area contributed by atoms with Crippen molar-refractivity contribution < 1.29 is 9.47 Å². The van der Waals surface area contributed by atoms with Crippen LogP contribution in [0.1, 0.15) is 13.3 Å². The Morgan fingerprint density at radius 1 is 1.45 bits per heavy atom. The molecule has 2 nitrogen and oxygen atoms in total. The molecule has 1 aliphatic heterocycles. The summed E-state index contributed by atoms with van der Waals surface area (Å²) in [6, 6.07) is 0. The van der Waals surface area contributed by atoms with Crippen LogP contribution in [0, 0.1) is 0 Å². The van der Waals surface area contributed by atoms with Gasteiger partial charge in [0.15, 0.2) is 0 Å². The molecule has 0 bridgehead atoms. The highest BCUT2D eigenvalue weighted by Crippen LogP contribution is 2.22. The second kappa shape index (κ2) is 2.80. The number of hydrogen-bond donors (Lipinski definition) is 0. The van der Waals surface area contributed by atoms with Gasteiger partial charge < -0.3 is 9.47 Å². The third kappa shape index (κ3) is 1.24. The van der Waals surface area contributed by atoms with E-state index in [1.807, 2.05) is 0 Å². The van der Waals surface area contributed by atoms with Crippen LogP contribution in [0.4, 0.5) is 0 Å². The average Bonchev–Trinajstić information content (AvgIpc) is 2.50. The van der Waals surface area contributed by atoms with Gasteiger partial charge in [-0.1, -0.05) is 19.1 Å². The van der Waals surface area contributed by atoms with E-state index >= 15 is 0 Å². The van der Waals surface area contributed by atoms with Gasteiger partial charge in [0.05, 0.1) is 0 Å². The van der Waals surface area contributed by atoms with E-state index in [9.17, 15) is 0 Å². The van der Waals surface area contributed by atoms with Crippen molar-refractivity contribution in [3.63, 3.8) is 0 Å². The summed E-state index contributed by atoms with van der Waals surface area (Å²) in [4.78, 5) is 0. The van der Waals surface area contributed by atoms with Crippen LogP contribution in [0.15, 0.2) is 23.8 Å². The average molecular weight is 152 g/mol. The molecule has 60 valence electrons. The maximum absolute atomic E-state index is 5.34. The fourth-order valence-electron chi connectivity index (χ4n) is 1.41. The Labute approximate surface area is 66.5 Å². The molecule has 2 rings (SSSR count). The van der Waals surface area contributed by atoms with E-state index in [1.54, 1.807) is 0 Å². The second-order valence-electron chi connectivity index (χ2n) is 2.83. The Morgan fingerprint density at radius 2 is 2.27 bits per heavy atom. The number of ether oxygens (including phenoxy) is 2. The zero-order valence-electron chi connectivity index (χ0n) is 6.62. The van der Waals surface area contributed by atoms with Crippen LogP contribution >= 0.6 is 0 Å². The van der Waals surface area contributed by atoms with Crippen LogP contribution in [0.2, 0.25) is 0 Å². The maximum atomic E-state index is 5.34. The van der Waals surface area contributed by atoms with Gasteiger partial charge in [-0.05, 0) is 18.1 Å². The quantitative estimate of drug-likeness (QED) is 0.568. The third-order valence-electron chi connectivity index (χ3n) is 2.13. The Kier molecular flexibility index (Phi) is 1.80. The minimum absolute atomic E-state index is 0.172. The van der Waals surface area contributed by atoms with Crippen LogP contribution < -0.4 is 0 Å². The molecule has 2 unspecified atom stereocenters. The van der Waals surface area contributed by atoms with Crippen molar-refractivity contribution in [2.75, 3.05) is 6.79 Å². The fourth-order valence-corrected chi connectivity index (χ4v) is 1.41. The lowest BCUT2D eigenvalue weighted by atomic mass is 10.0. The molecule has 1 fully saturated rings. The molecule has 0 aromatic heterocycles. The molecule has 0 saturated carbocycles. The van der Waals surface area contributed by atoms with Gasteiger partial charge in [-0.25, -0.2) is 0 Å². The zero-order chi connectivity index (χ0) is 7.68. The highest BCUT2D eigenvalue weighted by atomic mass is 16.7. The zero-order valence-corrected chi connectivity index (χ0v) is 6.62. The van der Waals surface area contributed by atoms with Crippen LogP contribution in [-0.2, 0) is 9.47 Å². The van der Waals surface area contributed by atoms with Gasteiger partial charge in [0.25, 0.3) is 0 Å². The summed E-state index contributed by atoms with van der Waals surface area (Å²) < 4.78 is 10.6. The molecule has 0 aromatic carbocycles. The number of allylic oxidation sites excluding steroid dienone is 2. The first-order valence-electron chi connectivity index (χ1n) is 4.02. The molecular weight excluding hydrogens is 140 g/mol. The Bertz CT molecular complexity index is 206. The van der Waals surface area contributed by atoms with Crippen LogP contribution in [0.5, 0.6) is 0 Å². The van der Waals surface area contributed by atoms with Crippen molar-refractivity contribution in [3.8, 4) is 0 Å². The first-order chi connectivity index (χ1) is 5.40. The van der Waals surface area contributed by atoms with Gasteiger partial charge in [0.1, 0.15) is 19.0 Å². The van der Waals surface area contributed by atoms with Crippen LogP contribution in [-0.4, -0.2) is 19.0 Å². The predicted molar refractivity (Wildman–Crippen MR) is 42.1 cm³/mol. The first-order valence-corrected chi connectivity index (χ1v) is 4.02.